The van der Waals surface area contributed by atoms with Crippen molar-refractivity contribution in [3.8, 4) is 11.5 Å². The lowest BCUT2D eigenvalue weighted by Gasteiger charge is -2.09. The van der Waals surface area contributed by atoms with E-state index in [2.05, 4.69) is 21.6 Å². The van der Waals surface area contributed by atoms with E-state index >= 15 is 0 Å². The predicted octanol–water partition coefficient (Wildman–Crippen LogP) is 3.78. The van der Waals surface area contributed by atoms with Gasteiger partial charge in [0.15, 0.2) is 17.3 Å². The number of anilines is 1. The number of nitrogens with zero attached hydrogens (tertiary/aromatic N) is 1. The molecule has 2 N–H and O–H groups in total. The number of carbonyl (C=O) groups is 1. The van der Waals surface area contributed by atoms with Gasteiger partial charge in [0.2, 0.25) is 5.91 Å². The van der Waals surface area contributed by atoms with Gasteiger partial charge in [-0.25, -0.2) is 0 Å². The van der Waals surface area contributed by atoms with Crippen LogP contribution in [0.3, 0.4) is 0 Å². The first-order valence-electron chi connectivity index (χ1n) is 9.43. The van der Waals surface area contributed by atoms with Crippen molar-refractivity contribution in [3.05, 3.63) is 47.5 Å². The molecule has 1 aliphatic heterocycles. The van der Waals surface area contributed by atoms with Crippen LogP contribution in [-0.2, 0) is 11.2 Å². The third kappa shape index (κ3) is 3.23. The van der Waals surface area contributed by atoms with Crippen LogP contribution < -0.4 is 14.8 Å². The molecule has 1 aromatic heterocycles. The summed E-state index contributed by atoms with van der Waals surface area (Å²) in [6, 6.07) is 11.8. The fourth-order valence-corrected chi connectivity index (χ4v) is 3.60. The highest BCUT2D eigenvalue weighted by molar-refractivity contribution is 6.02. The fourth-order valence-electron chi connectivity index (χ4n) is 3.60. The molecule has 2 heterocycles. The van der Waals surface area contributed by atoms with Gasteiger partial charge in [-0.2, -0.15) is 5.10 Å². The van der Waals surface area contributed by atoms with Gasteiger partial charge in [-0.05, 0) is 48.1 Å². The van der Waals surface area contributed by atoms with Crippen LogP contribution in [0.15, 0.2) is 36.4 Å². The number of aromatic amines is 1. The minimum Gasteiger partial charge on any atom is -0.490 e. The highest BCUT2D eigenvalue weighted by atomic mass is 16.5. The van der Waals surface area contributed by atoms with E-state index in [1.165, 1.54) is 18.4 Å². The van der Waals surface area contributed by atoms with Crippen molar-refractivity contribution in [2.75, 3.05) is 18.5 Å². The molecule has 0 atom stereocenters. The largest absolute Gasteiger partial charge is 0.490 e. The number of amides is 1. The highest BCUT2D eigenvalue weighted by Crippen LogP contribution is 2.44. The minimum atomic E-state index is -0.0940. The molecule has 2 aliphatic rings. The Bertz CT molecular complexity index is 1010. The smallest absolute Gasteiger partial charge is 0.230 e. The summed E-state index contributed by atoms with van der Waals surface area (Å²) in [7, 11) is 0. The third-order valence-electron chi connectivity index (χ3n) is 5.07. The highest BCUT2D eigenvalue weighted by Gasteiger charge is 2.27. The summed E-state index contributed by atoms with van der Waals surface area (Å²) >= 11 is 0. The van der Waals surface area contributed by atoms with Crippen molar-refractivity contribution >= 4 is 22.6 Å². The lowest BCUT2D eigenvalue weighted by atomic mass is 10.1. The van der Waals surface area contributed by atoms with E-state index in [1.54, 1.807) is 0 Å². The Morgan fingerprint density at radius 1 is 1.15 bits per heavy atom. The molecule has 1 fully saturated rings. The first-order valence-corrected chi connectivity index (χ1v) is 9.43. The lowest BCUT2D eigenvalue weighted by Crippen LogP contribution is -2.15. The van der Waals surface area contributed by atoms with Crippen LogP contribution in [0.1, 0.15) is 36.3 Å². The Morgan fingerprint density at radius 2 is 2.00 bits per heavy atom. The van der Waals surface area contributed by atoms with Gasteiger partial charge >= 0.3 is 0 Å². The Morgan fingerprint density at radius 3 is 2.85 bits per heavy atom. The lowest BCUT2D eigenvalue weighted by molar-refractivity contribution is -0.115. The number of aromatic nitrogens is 2. The molecule has 6 nitrogen and oxygen atoms in total. The normalized spacial score (nSPS) is 16.1. The summed E-state index contributed by atoms with van der Waals surface area (Å²) in [6.07, 6.45) is 3.53. The fraction of sp³-hybridized carbons (Fsp3) is 0.333. The van der Waals surface area contributed by atoms with Crippen molar-refractivity contribution < 1.29 is 14.3 Å². The third-order valence-corrected chi connectivity index (χ3v) is 5.07. The van der Waals surface area contributed by atoms with Crippen molar-refractivity contribution in [2.45, 2.75) is 31.6 Å². The van der Waals surface area contributed by atoms with Crippen molar-refractivity contribution in [3.63, 3.8) is 0 Å². The second kappa shape index (κ2) is 6.61. The van der Waals surface area contributed by atoms with Gasteiger partial charge in [-0.3, -0.25) is 9.89 Å². The van der Waals surface area contributed by atoms with E-state index in [0.717, 1.165) is 28.6 Å². The topological polar surface area (TPSA) is 76.2 Å². The molecule has 0 unspecified atom stereocenters. The number of nitrogens with one attached hydrogen (secondary N) is 2. The van der Waals surface area contributed by atoms with Crippen LogP contribution in [0, 0.1) is 0 Å². The minimum absolute atomic E-state index is 0.0940. The molecule has 1 amide bonds. The number of hydrogen-bond donors (Lipinski definition) is 2. The molecule has 6 heteroatoms. The van der Waals surface area contributed by atoms with Crippen LogP contribution >= 0.6 is 0 Å². The van der Waals surface area contributed by atoms with Crippen LogP contribution in [0.4, 0.5) is 5.82 Å². The molecule has 2 aromatic carbocycles. The molecule has 1 aliphatic carbocycles. The van der Waals surface area contributed by atoms with Crippen LogP contribution in [0.5, 0.6) is 11.5 Å². The summed E-state index contributed by atoms with van der Waals surface area (Å²) in [5.41, 5.74) is 3.12. The monoisotopic (exact) mass is 363 g/mol. The first-order chi connectivity index (χ1) is 13.3. The number of fused-ring (bicyclic) bond motifs is 2. The average molecular weight is 363 g/mol. The van der Waals surface area contributed by atoms with Gasteiger partial charge in [0.05, 0.1) is 25.2 Å². The van der Waals surface area contributed by atoms with Gasteiger partial charge in [-0.1, -0.05) is 18.2 Å². The van der Waals surface area contributed by atoms with E-state index in [-0.39, 0.29) is 12.3 Å². The Hall–Kier alpha value is -3.02. The quantitative estimate of drug-likeness (QED) is 0.740. The zero-order valence-electron chi connectivity index (χ0n) is 15.0. The van der Waals surface area contributed by atoms with E-state index in [0.29, 0.717) is 30.7 Å². The number of ether oxygens (including phenoxy) is 2. The predicted molar refractivity (Wildman–Crippen MR) is 102 cm³/mol. The Labute approximate surface area is 156 Å². The maximum absolute atomic E-state index is 12.6. The average Bonchev–Trinajstić information content (AvgIpc) is 3.47. The summed E-state index contributed by atoms with van der Waals surface area (Å²) in [6.45, 7) is 1.29. The first kappa shape index (κ1) is 16.2. The molecular weight excluding hydrogens is 342 g/mol. The summed E-state index contributed by atoms with van der Waals surface area (Å²) < 4.78 is 11.4. The SMILES string of the molecule is O=C(Cc1ccc2c(c1)OCCCO2)Nc1n[nH]c2cccc(C3CC3)c12. The van der Waals surface area contributed by atoms with Crippen LogP contribution in [0.2, 0.25) is 0 Å². The number of hydrogen-bond acceptors (Lipinski definition) is 4. The van der Waals surface area contributed by atoms with Crippen molar-refractivity contribution in [1.82, 2.24) is 10.2 Å². The second-order valence-electron chi connectivity index (χ2n) is 7.17. The standard InChI is InChI=1S/C21H21N3O3/c25-19(12-13-5-8-17-18(11-13)27-10-2-9-26-17)22-21-20-15(14-6-7-14)3-1-4-16(20)23-24-21/h1,3-5,8,11,14H,2,6-7,9-10,12H2,(H2,22,23,24,25). The number of rotatable bonds is 4. The van der Waals surface area contributed by atoms with Crippen molar-refractivity contribution in [2.24, 2.45) is 0 Å². The summed E-state index contributed by atoms with van der Waals surface area (Å²) in [5.74, 6) is 2.56. The zero-order chi connectivity index (χ0) is 18.2. The molecule has 0 bridgehead atoms. The van der Waals surface area contributed by atoms with E-state index < -0.39 is 0 Å². The van der Waals surface area contributed by atoms with E-state index in [4.69, 9.17) is 9.47 Å². The number of H-pyrrole nitrogens is 1. The van der Waals surface area contributed by atoms with Gasteiger partial charge in [0, 0.05) is 11.8 Å². The molecule has 27 heavy (non-hydrogen) atoms. The molecule has 0 radical (unpaired) electrons. The molecule has 3 aromatic rings. The molecule has 0 spiro atoms. The molecular formula is C21H21N3O3. The van der Waals surface area contributed by atoms with E-state index in [9.17, 15) is 4.79 Å². The van der Waals surface area contributed by atoms with E-state index in [1.807, 2.05) is 30.3 Å². The number of carbonyl (C=O) groups excluding carboxylic acids is 1. The molecule has 5 rings (SSSR count). The Kier molecular flexibility index (Phi) is 3.96. The number of benzene rings is 2. The van der Waals surface area contributed by atoms with Crippen molar-refractivity contribution in [1.29, 1.82) is 0 Å². The zero-order valence-corrected chi connectivity index (χ0v) is 15.0. The molecule has 138 valence electrons. The maximum atomic E-state index is 12.6. The second-order valence-corrected chi connectivity index (χ2v) is 7.17. The molecule has 0 saturated heterocycles. The summed E-state index contributed by atoms with van der Waals surface area (Å²) in [5, 5.41) is 11.4. The maximum Gasteiger partial charge on any atom is 0.230 e. The Balaban J connectivity index is 1.35. The van der Waals surface area contributed by atoms with Gasteiger partial charge in [-0.15, -0.1) is 0 Å². The summed E-state index contributed by atoms with van der Waals surface area (Å²) in [4.78, 5) is 12.6. The van der Waals surface area contributed by atoms with Gasteiger partial charge in [0.1, 0.15) is 0 Å². The van der Waals surface area contributed by atoms with Gasteiger partial charge < -0.3 is 14.8 Å². The van der Waals surface area contributed by atoms with Gasteiger partial charge in [0.25, 0.3) is 0 Å². The van der Waals surface area contributed by atoms with Crippen LogP contribution in [-0.4, -0.2) is 29.3 Å². The van der Waals surface area contributed by atoms with Crippen LogP contribution in [0.25, 0.3) is 10.9 Å². The molecule has 1 saturated carbocycles.